The standard InChI is InChI=1S/C18H26N2/c1-6-9-16(7-2)13-20(5)14-17-10-11-18(19-8-3)15(4)12-17/h6-12H,13-14H2,1-5H3/b9-6-,16-7+,19-8?. The van der Waals surface area contributed by atoms with E-state index in [1.54, 1.807) is 0 Å². The van der Waals surface area contributed by atoms with Crippen LogP contribution in [0.25, 0.3) is 0 Å². The molecule has 2 heteroatoms. The molecule has 0 atom stereocenters. The molecule has 1 aromatic rings. The zero-order chi connectivity index (χ0) is 15.0. The molecule has 108 valence electrons. The Bertz CT molecular complexity index is 510. The second-order valence-electron chi connectivity index (χ2n) is 5.04. The highest BCUT2D eigenvalue weighted by molar-refractivity contribution is 5.62. The molecule has 0 aliphatic heterocycles. The molecule has 0 fully saturated rings. The minimum atomic E-state index is 0.950. The van der Waals surface area contributed by atoms with Gasteiger partial charge < -0.3 is 0 Å². The molecule has 0 aliphatic carbocycles. The Morgan fingerprint density at radius 3 is 2.55 bits per heavy atom. The van der Waals surface area contributed by atoms with Crippen LogP contribution in [0.2, 0.25) is 0 Å². The summed E-state index contributed by atoms with van der Waals surface area (Å²) in [5.74, 6) is 0. The van der Waals surface area contributed by atoms with Crippen LogP contribution in [-0.2, 0) is 6.54 Å². The zero-order valence-corrected chi connectivity index (χ0v) is 13.4. The lowest BCUT2D eigenvalue weighted by Crippen LogP contribution is -2.20. The Hall–Kier alpha value is -1.67. The summed E-state index contributed by atoms with van der Waals surface area (Å²) in [6, 6.07) is 6.49. The SMILES string of the molecule is CC=Nc1ccc(CN(C)CC(/C=C\C)=C/C)cc1C. The third-order valence-electron chi connectivity index (χ3n) is 3.19. The molecule has 0 unspecified atom stereocenters. The Morgan fingerprint density at radius 2 is 2.00 bits per heavy atom. The summed E-state index contributed by atoms with van der Waals surface area (Å²) < 4.78 is 0. The second-order valence-corrected chi connectivity index (χ2v) is 5.04. The number of hydrogen-bond acceptors (Lipinski definition) is 2. The number of hydrogen-bond donors (Lipinski definition) is 0. The fourth-order valence-electron chi connectivity index (χ4n) is 2.23. The maximum absolute atomic E-state index is 4.36. The molecule has 0 spiro atoms. The molecular weight excluding hydrogens is 244 g/mol. The Balaban J connectivity index is 2.71. The largest absolute Gasteiger partial charge is 0.298 e. The van der Waals surface area contributed by atoms with Crippen molar-refractivity contribution in [2.24, 2.45) is 4.99 Å². The molecule has 0 amide bonds. The fourth-order valence-corrected chi connectivity index (χ4v) is 2.23. The van der Waals surface area contributed by atoms with E-state index in [4.69, 9.17) is 0 Å². The van der Waals surface area contributed by atoms with E-state index in [1.807, 2.05) is 13.1 Å². The van der Waals surface area contributed by atoms with Gasteiger partial charge in [0.15, 0.2) is 0 Å². The van der Waals surface area contributed by atoms with Crippen LogP contribution in [0, 0.1) is 6.92 Å². The van der Waals surface area contributed by atoms with E-state index in [0.717, 1.165) is 18.8 Å². The van der Waals surface area contributed by atoms with E-state index in [0.29, 0.717) is 0 Å². The summed E-state index contributed by atoms with van der Waals surface area (Å²) in [4.78, 5) is 6.68. The minimum Gasteiger partial charge on any atom is -0.298 e. The van der Waals surface area contributed by atoms with Crippen LogP contribution in [0.5, 0.6) is 0 Å². The van der Waals surface area contributed by atoms with Gasteiger partial charge in [-0.2, -0.15) is 0 Å². The van der Waals surface area contributed by atoms with Crippen molar-refractivity contribution in [1.82, 2.24) is 4.90 Å². The van der Waals surface area contributed by atoms with Crippen LogP contribution in [0.3, 0.4) is 0 Å². The average Bonchev–Trinajstić information content (AvgIpc) is 2.41. The predicted octanol–water partition coefficient (Wildman–Crippen LogP) is 4.67. The van der Waals surface area contributed by atoms with Gasteiger partial charge in [0.1, 0.15) is 0 Å². The van der Waals surface area contributed by atoms with Crippen molar-refractivity contribution < 1.29 is 0 Å². The molecule has 0 aromatic heterocycles. The second kappa shape index (κ2) is 8.49. The molecule has 20 heavy (non-hydrogen) atoms. The lowest BCUT2D eigenvalue weighted by Gasteiger charge is -2.18. The van der Waals surface area contributed by atoms with Crippen molar-refractivity contribution in [3.05, 3.63) is 53.1 Å². The molecule has 2 nitrogen and oxygen atoms in total. The highest BCUT2D eigenvalue weighted by Gasteiger charge is 2.04. The first-order valence-corrected chi connectivity index (χ1v) is 7.15. The van der Waals surface area contributed by atoms with Crippen molar-refractivity contribution in [2.75, 3.05) is 13.6 Å². The highest BCUT2D eigenvalue weighted by atomic mass is 15.1. The van der Waals surface area contributed by atoms with E-state index < -0.39 is 0 Å². The van der Waals surface area contributed by atoms with Crippen LogP contribution >= 0.6 is 0 Å². The van der Waals surface area contributed by atoms with E-state index in [2.05, 4.69) is 74.1 Å². The van der Waals surface area contributed by atoms with E-state index in [9.17, 15) is 0 Å². The Morgan fingerprint density at radius 1 is 1.25 bits per heavy atom. The van der Waals surface area contributed by atoms with Crippen LogP contribution in [0.4, 0.5) is 5.69 Å². The molecule has 1 aromatic carbocycles. The minimum absolute atomic E-state index is 0.950. The van der Waals surface area contributed by atoms with Gasteiger partial charge in [0.05, 0.1) is 5.69 Å². The number of rotatable bonds is 6. The third kappa shape index (κ3) is 5.14. The molecule has 0 aliphatic rings. The smallest absolute Gasteiger partial charge is 0.0654 e. The summed E-state index contributed by atoms with van der Waals surface area (Å²) in [7, 11) is 2.15. The Kier molecular flexibility index (Phi) is 6.96. The van der Waals surface area contributed by atoms with Crippen LogP contribution < -0.4 is 0 Å². The average molecular weight is 270 g/mol. The van der Waals surface area contributed by atoms with Gasteiger partial charge >= 0.3 is 0 Å². The number of benzene rings is 1. The van der Waals surface area contributed by atoms with Gasteiger partial charge in [0, 0.05) is 19.3 Å². The molecule has 0 bridgehead atoms. The third-order valence-corrected chi connectivity index (χ3v) is 3.19. The first kappa shape index (κ1) is 16.4. The first-order chi connectivity index (χ1) is 9.60. The first-order valence-electron chi connectivity index (χ1n) is 7.15. The van der Waals surface area contributed by atoms with Crippen molar-refractivity contribution in [2.45, 2.75) is 34.2 Å². The van der Waals surface area contributed by atoms with Gasteiger partial charge in [-0.15, -0.1) is 0 Å². The molecule has 0 radical (unpaired) electrons. The number of allylic oxidation sites excluding steroid dienone is 2. The molecule has 1 rings (SSSR count). The summed E-state index contributed by atoms with van der Waals surface area (Å²) in [6.07, 6.45) is 8.26. The number of nitrogens with zero attached hydrogens (tertiary/aromatic N) is 2. The molecule has 0 N–H and O–H groups in total. The maximum atomic E-state index is 4.36. The summed E-state index contributed by atoms with van der Waals surface area (Å²) in [5.41, 5.74) is 4.96. The topological polar surface area (TPSA) is 15.6 Å². The van der Waals surface area contributed by atoms with Crippen molar-refractivity contribution in [3.63, 3.8) is 0 Å². The quantitative estimate of drug-likeness (QED) is 0.541. The lowest BCUT2D eigenvalue weighted by atomic mass is 10.1. The summed E-state index contributed by atoms with van der Waals surface area (Å²) in [5, 5.41) is 0. The van der Waals surface area contributed by atoms with Gasteiger partial charge in [0.25, 0.3) is 0 Å². The molecule has 0 saturated carbocycles. The Labute approximate surface area is 123 Å². The monoisotopic (exact) mass is 270 g/mol. The normalized spacial score (nSPS) is 13.0. The van der Waals surface area contributed by atoms with Gasteiger partial charge in [-0.25, -0.2) is 0 Å². The van der Waals surface area contributed by atoms with Gasteiger partial charge in [-0.3, -0.25) is 9.89 Å². The fraction of sp³-hybridized carbons (Fsp3) is 0.389. The summed E-state index contributed by atoms with van der Waals surface area (Å²) in [6.45, 7) is 10.1. The number of aryl methyl sites for hydroxylation is 1. The van der Waals surface area contributed by atoms with Gasteiger partial charge in [-0.1, -0.05) is 30.4 Å². The van der Waals surface area contributed by atoms with Crippen molar-refractivity contribution in [1.29, 1.82) is 0 Å². The zero-order valence-electron chi connectivity index (χ0n) is 13.4. The van der Waals surface area contributed by atoms with Crippen LogP contribution in [0.15, 0.2) is 47.0 Å². The van der Waals surface area contributed by atoms with E-state index >= 15 is 0 Å². The van der Waals surface area contributed by atoms with E-state index in [1.165, 1.54) is 16.7 Å². The number of likely N-dealkylation sites (N-methyl/N-ethyl adjacent to an activating group) is 1. The van der Waals surface area contributed by atoms with Gasteiger partial charge in [-0.05, 0) is 57.5 Å². The van der Waals surface area contributed by atoms with Gasteiger partial charge in [0.2, 0.25) is 0 Å². The summed E-state index contributed by atoms with van der Waals surface area (Å²) >= 11 is 0. The lowest BCUT2D eigenvalue weighted by molar-refractivity contribution is 0.357. The van der Waals surface area contributed by atoms with E-state index in [-0.39, 0.29) is 0 Å². The molecule has 0 heterocycles. The highest BCUT2D eigenvalue weighted by Crippen LogP contribution is 2.20. The molecular formula is C18H26N2. The van der Waals surface area contributed by atoms with Crippen molar-refractivity contribution >= 4 is 11.9 Å². The van der Waals surface area contributed by atoms with Crippen molar-refractivity contribution in [3.8, 4) is 0 Å². The molecule has 0 saturated heterocycles. The number of aliphatic imine (C=N–C) groups is 1. The van der Waals surface area contributed by atoms with Crippen LogP contribution in [0.1, 0.15) is 31.9 Å². The predicted molar refractivity (Wildman–Crippen MR) is 89.9 cm³/mol. The maximum Gasteiger partial charge on any atom is 0.0654 e. The van der Waals surface area contributed by atoms with Crippen LogP contribution in [-0.4, -0.2) is 24.7 Å².